The Morgan fingerprint density at radius 2 is 2.56 bits per heavy atom. The summed E-state index contributed by atoms with van der Waals surface area (Å²) in [6, 6.07) is 1.75. The van der Waals surface area contributed by atoms with E-state index in [4.69, 9.17) is 10.4 Å². The molecule has 0 aliphatic carbocycles. The lowest BCUT2D eigenvalue weighted by molar-refractivity contribution is -0.133. The van der Waals surface area contributed by atoms with E-state index in [9.17, 15) is 4.79 Å². The van der Waals surface area contributed by atoms with Crippen molar-refractivity contribution in [1.29, 1.82) is 5.26 Å². The van der Waals surface area contributed by atoms with Gasteiger partial charge in [-0.25, -0.2) is 0 Å². The van der Waals surface area contributed by atoms with Gasteiger partial charge < -0.3 is 5.11 Å². The second kappa shape index (κ2) is 5.19. The van der Waals surface area contributed by atoms with E-state index < -0.39 is 5.97 Å². The maximum Gasteiger partial charge on any atom is 0.313 e. The summed E-state index contributed by atoms with van der Waals surface area (Å²) in [6.45, 7) is 0. The number of carboxylic acid groups (broad SMARTS) is 1. The predicted octanol–water partition coefficient (Wildman–Crippen LogP) is 0.841. The van der Waals surface area contributed by atoms with Gasteiger partial charge in [0.15, 0.2) is 0 Å². The molecule has 0 unspecified atom stereocenters. The SMILES string of the molecule is N#CC=CSCC(=O)O. The molecule has 0 bridgehead atoms. The zero-order valence-corrected chi connectivity index (χ0v) is 5.39. The van der Waals surface area contributed by atoms with E-state index in [0.717, 1.165) is 11.8 Å². The van der Waals surface area contributed by atoms with E-state index in [2.05, 4.69) is 0 Å². The molecular formula is C5H5NO2S. The number of aliphatic carboxylic acids is 1. The first-order valence-corrected chi connectivity index (χ1v) is 3.20. The van der Waals surface area contributed by atoms with Crippen molar-refractivity contribution in [3.8, 4) is 6.07 Å². The van der Waals surface area contributed by atoms with E-state index in [0.29, 0.717) is 0 Å². The molecule has 0 heterocycles. The van der Waals surface area contributed by atoms with Crippen molar-refractivity contribution < 1.29 is 9.90 Å². The Labute approximate surface area is 57.0 Å². The van der Waals surface area contributed by atoms with Crippen LogP contribution in [0.4, 0.5) is 0 Å². The molecule has 0 aromatic rings. The predicted molar refractivity (Wildman–Crippen MR) is 34.8 cm³/mol. The highest BCUT2D eigenvalue weighted by Gasteiger charge is 1.90. The first-order valence-electron chi connectivity index (χ1n) is 2.15. The molecule has 0 spiro atoms. The standard InChI is InChI=1S/C5H5NO2S/c6-2-1-3-9-4-5(7)8/h1,3H,4H2,(H,7,8). The molecule has 0 aliphatic rings. The second-order valence-corrected chi connectivity index (χ2v) is 2.03. The summed E-state index contributed by atoms with van der Waals surface area (Å²) < 4.78 is 0. The highest BCUT2D eigenvalue weighted by atomic mass is 32.2. The fourth-order valence-electron chi connectivity index (χ4n) is 0.198. The summed E-state index contributed by atoms with van der Waals surface area (Å²) in [5.74, 6) is -0.861. The van der Waals surface area contributed by atoms with Crippen LogP contribution < -0.4 is 0 Å². The van der Waals surface area contributed by atoms with Gasteiger partial charge in [-0.2, -0.15) is 5.26 Å². The maximum absolute atomic E-state index is 9.82. The number of allylic oxidation sites excluding steroid dienone is 1. The molecule has 0 radical (unpaired) electrons. The van der Waals surface area contributed by atoms with E-state index in [1.807, 2.05) is 0 Å². The Bertz CT molecular complexity index is 159. The second-order valence-electron chi connectivity index (χ2n) is 1.14. The number of thioether (sulfide) groups is 1. The van der Waals surface area contributed by atoms with Crippen molar-refractivity contribution in [2.75, 3.05) is 5.75 Å². The van der Waals surface area contributed by atoms with E-state index in [1.54, 1.807) is 6.07 Å². The van der Waals surface area contributed by atoms with Gasteiger partial charge in [-0.1, -0.05) is 0 Å². The van der Waals surface area contributed by atoms with Gasteiger partial charge >= 0.3 is 5.97 Å². The van der Waals surface area contributed by atoms with Gasteiger partial charge in [-0.05, 0) is 5.41 Å². The van der Waals surface area contributed by atoms with Crippen molar-refractivity contribution >= 4 is 17.7 Å². The molecule has 0 aromatic carbocycles. The monoisotopic (exact) mass is 143 g/mol. The van der Waals surface area contributed by atoms with Gasteiger partial charge in [-0.15, -0.1) is 11.8 Å². The molecule has 0 saturated heterocycles. The van der Waals surface area contributed by atoms with Crippen LogP contribution in [-0.2, 0) is 4.79 Å². The summed E-state index contributed by atoms with van der Waals surface area (Å²) in [5.41, 5.74) is 0. The van der Waals surface area contributed by atoms with Gasteiger partial charge in [0, 0.05) is 6.08 Å². The Morgan fingerprint density at radius 3 is 3.00 bits per heavy atom. The minimum absolute atomic E-state index is 0.0121. The summed E-state index contributed by atoms with van der Waals surface area (Å²) >= 11 is 1.08. The van der Waals surface area contributed by atoms with E-state index in [1.165, 1.54) is 11.5 Å². The van der Waals surface area contributed by atoms with Crippen LogP contribution in [0.3, 0.4) is 0 Å². The topological polar surface area (TPSA) is 61.1 Å². The Hall–Kier alpha value is -0.950. The zero-order chi connectivity index (χ0) is 7.11. The maximum atomic E-state index is 9.82. The Morgan fingerprint density at radius 1 is 1.89 bits per heavy atom. The third kappa shape index (κ3) is 7.05. The van der Waals surface area contributed by atoms with Gasteiger partial charge in [0.1, 0.15) is 0 Å². The molecular weight excluding hydrogens is 138 g/mol. The summed E-state index contributed by atoms with van der Waals surface area (Å²) in [7, 11) is 0. The van der Waals surface area contributed by atoms with Crippen LogP contribution in [0.1, 0.15) is 0 Å². The van der Waals surface area contributed by atoms with E-state index >= 15 is 0 Å². The van der Waals surface area contributed by atoms with Gasteiger partial charge in [-0.3, -0.25) is 4.79 Å². The van der Waals surface area contributed by atoms with Crippen LogP contribution in [0.15, 0.2) is 11.5 Å². The highest BCUT2D eigenvalue weighted by molar-refractivity contribution is 8.02. The van der Waals surface area contributed by atoms with Crippen LogP contribution in [0.5, 0.6) is 0 Å². The van der Waals surface area contributed by atoms with Crippen LogP contribution in [0.2, 0.25) is 0 Å². The minimum Gasteiger partial charge on any atom is -0.481 e. The summed E-state index contributed by atoms with van der Waals surface area (Å²) in [6.07, 6.45) is 1.24. The highest BCUT2D eigenvalue weighted by Crippen LogP contribution is 1.99. The summed E-state index contributed by atoms with van der Waals surface area (Å²) in [4.78, 5) is 9.82. The summed E-state index contributed by atoms with van der Waals surface area (Å²) in [5, 5.41) is 17.5. The number of nitrogens with zero attached hydrogens (tertiary/aromatic N) is 1. The van der Waals surface area contributed by atoms with Gasteiger partial charge in [0.05, 0.1) is 11.8 Å². The lowest BCUT2D eigenvalue weighted by Gasteiger charge is -1.83. The average Bonchev–Trinajstić information content (AvgIpc) is 1.80. The molecule has 0 saturated carbocycles. The molecule has 0 atom stereocenters. The van der Waals surface area contributed by atoms with Crippen molar-refractivity contribution in [3.05, 3.63) is 11.5 Å². The van der Waals surface area contributed by atoms with Gasteiger partial charge in [0.2, 0.25) is 0 Å². The number of hydrogen-bond donors (Lipinski definition) is 1. The lowest BCUT2D eigenvalue weighted by atomic mass is 10.7. The number of rotatable bonds is 3. The normalized spacial score (nSPS) is 9.22. The van der Waals surface area contributed by atoms with Gasteiger partial charge in [0.25, 0.3) is 0 Å². The average molecular weight is 143 g/mol. The van der Waals surface area contributed by atoms with Crippen LogP contribution >= 0.6 is 11.8 Å². The molecule has 48 valence electrons. The molecule has 0 aliphatic heterocycles. The number of nitriles is 1. The lowest BCUT2D eigenvalue weighted by Crippen LogP contribution is -1.95. The van der Waals surface area contributed by atoms with Crippen LogP contribution in [0, 0.1) is 11.3 Å². The molecule has 0 aromatic heterocycles. The first kappa shape index (κ1) is 8.05. The van der Waals surface area contributed by atoms with Crippen molar-refractivity contribution in [2.45, 2.75) is 0 Å². The Balaban J connectivity index is 3.22. The fraction of sp³-hybridized carbons (Fsp3) is 0.200. The largest absolute Gasteiger partial charge is 0.481 e. The quantitative estimate of drug-likeness (QED) is 0.595. The number of carbonyl (C=O) groups is 1. The fourth-order valence-corrected chi connectivity index (χ4v) is 0.594. The molecule has 1 N–H and O–H groups in total. The number of hydrogen-bond acceptors (Lipinski definition) is 3. The first-order chi connectivity index (χ1) is 4.27. The van der Waals surface area contributed by atoms with E-state index in [-0.39, 0.29) is 5.75 Å². The molecule has 4 heteroatoms. The smallest absolute Gasteiger partial charge is 0.313 e. The third-order valence-corrected chi connectivity index (χ3v) is 1.19. The van der Waals surface area contributed by atoms with Crippen molar-refractivity contribution in [1.82, 2.24) is 0 Å². The van der Waals surface area contributed by atoms with Crippen molar-refractivity contribution in [2.24, 2.45) is 0 Å². The third-order valence-electron chi connectivity index (χ3n) is 0.446. The van der Waals surface area contributed by atoms with Crippen LogP contribution in [0.25, 0.3) is 0 Å². The molecule has 0 amide bonds. The molecule has 0 fully saturated rings. The van der Waals surface area contributed by atoms with Crippen molar-refractivity contribution in [3.63, 3.8) is 0 Å². The van der Waals surface area contributed by atoms with Crippen LogP contribution in [-0.4, -0.2) is 16.8 Å². The Kier molecular flexibility index (Phi) is 4.64. The zero-order valence-electron chi connectivity index (χ0n) is 4.57. The molecule has 3 nitrogen and oxygen atoms in total. The minimum atomic E-state index is -0.873. The molecule has 0 rings (SSSR count). The number of carboxylic acids is 1. The molecule has 9 heavy (non-hydrogen) atoms.